The van der Waals surface area contributed by atoms with E-state index in [2.05, 4.69) is 10.3 Å². The fraction of sp³-hybridized carbons (Fsp3) is 0.308. The molecule has 0 saturated heterocycles. The highest BCUT2D eigenvalue weighted by atomic mass is 16.6. The summed E-state index contributed by atoms with van der Waals surface area (Å²) >= 11 is 0. The Bertz CT molecular complexity index is 630. The smallest absolute Gasteiger partial charge is 0.295 e. The maximum atomic E-state index is 11.0. The molecule has 2 unspecified atom stereocenters. The first-order valence-electron chi connectivity index (χ1n) is 6.20. The molecule has 2 rings (SSSR count). The number of nitrogens with zero attached hydrogens (tertiary/aromatic N) is 2. The average molecular weight is 276 g/mol. The van der Waals surface area contributed by atoms with Crippen molar-refractivity contribution in [2.45, 2.75) is 19.1 Å². The summed E-state index contributed by atoms with van der Waals surface area (Å²) < 4.78 is 0. The third-order valence-corrected chi connectivity index (χ3v) is 3.09. The number of hydrogen-bond acceptors (Lipinski definition) is 6. The van der Waals surface area contributed by atoms with Gasteiger partial charge in [-0.2, -0.15) is 0 Å². The second kappa shape index (κ2) is 5.81. The molecule has 0 aliphatic carbocycles. The quantitative estimate of drug-likeness (QED) is 0.559. The molecule has 1 heterocycles. The Morgan fingerprint density at radius 2 is 2.25 bits per heavy atom. The Labute approximate surface area is 115 Å². The lowest BCUT2D eigenvalue weighted by Crippen LogP contribution is -2.38. The van der Waals surface area contributed by atoms with Gasteiger partial charge in [0.25, 0.3) is 5.69 Å². The van der Waals surface area contributed by atoms with Gasteiger partial charge >= 0.3 is 0 Å². The number of nitro benzene ring substituents is 1. The number of aliphatic hydroxyl groups excluding tert-OH is 1. The van der Waals surface area contributed by atoms with E-state index in [0.29, 0.717) is 23.1 Å². The van der Waals surface area contributed by atoms with Gasteiger partial charge in [0.2, 0.25) is 0 Å². The van der Waals surface area contributed by atoms with Crippen LogP contribution in [0, 0.1) is 10.1 Å². The van der Waals surface area contributed by atoms with Crippen molar-refractivity contribution in [3.8, 4) is 0 Å². The number of anilines is 1. The fourth-order valence-electron chi connectivity index (χ4n) is 1.86. The number of pyridine rings is 1. The Kier molecular flexibility index (Phi) is 4.11. The number of aliphatic hydroxyl groups is 1. The Balaban J connectivity index is 2.36. The van der Waals surface area contributed by atoms with Crippen molar-refractivity contribution in [2.24, 2.45) is 5.73 Å². The summed E-state index contributed by atoms with van der Waals surface area (Å²) in [5.74, 6) is 0. The highest BCUT2D eigenvalue weighted by Crippen LogP contribution is 2.29. The van der Waals surface area contributed by atoms with E-state index in [4.69, 9.17) is 5.73 Å². The molecule has 2 aromatic rings. The molecule has 1 aromatic heterocycles. The minimum absolute atomic E-state index is 0.0361. The Morgan fingerprint density at radius 3 is 2.90 bits per heavy atom. The first kappa shape index (κ1) is 14.2. The number of fused-ring (bicyclic) bond motifs is 1. The third kappa shape index (κ3) is 2.84. The summed E-state index contributed by atoms with van der Waals surface area (Å²) in [5.41, 5.74) is 6.74. The molecule has 0 aliphatic heterocycles. The fourth-order valence-corrected chi connectivity index (χ4v) is 1.86. The van der Waals surface area contributed by atoms with Gasteiger partial charge in [0.15, 0.2) is 0 Å². The molecular weight excluding hydrogens is 260 g/mol. The van der Waals surface area contributed by atoms with Gasteiger partial charge in [0.1, 0.15) is 5.52 Å². The molecule has 7 heteroatoms. The second-order valence-corrected chi connectivity index (χ2v) is 4.57. The van der Waals surface area contributed by atoms with E-state index in [-0.39, 0.29) is 5.69 Å². The molecule has 0 amide bonds. The summed E-state index contributed by atoms with van der Waals surface area (Å²) in [6.07, 6.45) is 0.880. The van der Waals surface area contributed by atoms with Crippen molar-refractivity contribution in [1.82, 2.24) is 4.98 Å². The molecule has 4 N–H and O–H groups in total. The van der Waals surface area contributed by atoms with Crippen molar-refractivity contribution >= 4 is 22.3 Å². The van der Waals surface area contributed by atoms with E-state index in [1.165, 1.54) is 12.3 Å². The lowest BCUT2D eigenvalue weighted by molar-refractivity contribution is -0.383. The van der Waals surface area contributed by atoms with Gasteiger partial charge in [-0.25, -0.2) is 4.98 Å². The van der Waals surface area contributed by atoms with Crippen LogP contribution in [0.2, 0.25) is 0 Å². The zero-order chi connectivity index (χ0) is 14.7. The normalized spacial score (nSPS) is 13.9. The lowest BCUT2D eigenvalue weighted by Gasteiger charge is -2.17. The van der Waals surface area contributed by atoms with Gasteiger partial charge in [-0.15, -0.1) is 0 Å². The molecule has 0 bridgehead atoms. The van der Waals surface area contributed by atoms with Gasteiger partial charge < -0.3 is 16.2 Å². The highest BCUT2D eigenvalue weighted by molar-refractivity contribution is 5.96. The number of nitro groups is 1. The molecule has 20 heavy (non-hydrogen) atoms. The minimum Gasteiger partial charge on any atom is -0.392 e. The van der Waals surface area contributed by atoms with Gasteiger partial charge in [0.05, 0.1) is 11.0 Å². The van der Waals surface area contributed by atoms with E-state index in [9.17, 15) is 15.2 Å². The molecule has 0 fully saturated rings. The van der Waals surface area contributed by atoms with Gasteiger partial charge in [-0.05, 0) is 25.1 Å². The first-order chi connectivity index (χ1) is 9.50. The standard InChI is InChI=1S/C13H16N4O3/c1-8(18)10(14)7-16-11-4-5-12(17(19)20)13-9(11)3-2-6-15-13/h2-6,8,10,16,18H,7,14H2,1H3. The van der Waals surface area contributed by atoms with E-state index >= 15 is 0 Å². The van der Waals surface area contributed by atoms with Crippen LogP contribution in [0.15, 0.2) is 30.5 Å². The number of non-ortho nitro benzene ring substituents is 1. The van der Waals surface area contributed by atoms with Crippen LogP contribution in [0.25, 0.3) is 10.9 Å². The van der Waals surface area contributed by atoms with Crippen LogP contribution in [-0.2, 0) is 0 Å². The van der Waals surface area contributed by atoms with Crippen LogP contribution in [0.1, 0.15) is 6.92 Å². The monoisotopic (exact) mass is 276 g/mol. The molecule has 0 saturated carbocycles. The topological polar surface area (TPSA) is 114 Å². The van der Waals surface area contributed by atoms with E-state index in [0.717, 1.165) is 0 Å². The molecule has 7 nitrogen and oxygen atoms in total. The summed E-state index contributed by atoms with van der Waals surface area (Å²) in [7, 11) is 0. The number of rotatable bonds is 5. The van der Waals surface area contributed by atoms with Crippen molar-refractivity contribution in [1.29, 1.82) is 0 Å². The van der Waals surface area contributed by atoms with Crippen LogP contribution < -0.4 is 11.1 Å². The largest absolute Gasteiger partial charge is 0.392 e. The number of nitrogens with two attached hydrogens (primary N) is 1. The molecule has 0 aliphatic rings. The van der Waals surface area contributed by atoms with Crippen LogP contribution in [0.3, 0.4) is 0 Å². The second-order valence-electron chi connectivity index (χ2n) is 4.57. The van der Waals surface area contributed by atoms with E-state index in [1.54, 1.807) is 25.1 Å². The summed E-state index contributed by atoms with van der Waals surface area (Å²) in [4.78, 5) is 14.6. The molecule has 0 spiro atoms. The Morgan fingerprint density at radius 1 is 1.50 bits per heavy atom. The number of hydrogen-bond donors (Lipinski definition) is 3. The molecule has 106 valence electrons. The summed E-state index contributed by atoms with van der Waals surface area (Å²) in [6.45, 7) is 1.97. The van der Waals surface area contributed by atoms with E-state index in [1.807, 2.05) is 0 Å². The van der Waals surface area contributed by atoms with Crippen molar-refractivity contribution in [3.63, 3.8) is 0 Å². The van der Waals surface area contributed by atoms with Crippen LogP contribution >= 0.6 is 0 Å². The van der Waals surface area contributed by atoms with Crippen molar-refractivity contribution in [3.05, 3.63) is 40.6 Å². The predicted molar refractivity (Wildman–Crippen MR) is 76.5 cm³/mol. The number of aromatic nitrogens is 1. The maximum Gasteiger partial charge on any atom is 0.295 e. The SMILES string of the molecule is CC(O)C(N)CNc1ccc([N+](=O)[O-])c2ncccc12. The third-order valence-electron chi connectivity index (χ3n) is 3.09. The minimum atomic E-state index is -0.634. The molecule has 0 radical (unpaired) electrons. The van der Waals surface area contributed by atoms with Gasteiger partial charge in [-0.3, -0.25) is 10.1 Å². The average Bonchev–Trinajstić information content (AvgIpc) is 2.43. The zero-order valence-electron chi connectivity index (χ0n) is 11.0. The molecular formula is C13H16N4O3. The highest BCUT2D eigenvalue weighted by Gasteiger charge is 2.16. The number of benzene rings is 1. The summed E-state index contributed by atoms with van der Waals surface area (Å²) in [5, 5.41) is 24.1. The van der Waals surface area contributed by atoms with Crippen molar-refractivity contribution < 1.29 is 10.0 Å². The molecule has 1 aromatic carbocycles. The van der Waals surface area contributed by atoms with Crippen LogP contribution in [-0.4, -0.2) is 33.7 Å². The first-order valence-corrected chi connectivity index (χ1v) is 6.20. The predicted octanol–water partition coefficient (Wildman–Crippen LogP) is 1.26. The lowest BCUT2D eigenvalue weighted by atomic mass is 10.1. The summed E-state index contributed by atoms with van der Waals surface area (Å²) in [6, 6.07) is 6.08. The maximum absolute atomic E-state index is 11.0. The van der Waals surface area contributed by atoms with E-state index < -0.39 is 17.1 Å². The van der Waals surface area contributed by atoms with Gasteiger partial charge in [0, 0.05) is 35.9 Å². The van der Waals surface area contributed by atoms with Crippen LogP contribution in [0.4, 0.5) is 11.4 Å². The van der Waals surface area contributed by atoms with Crippen LogP contribution in [0.5, 0.6) is 0 Å². The number of nitrogens with one attached hydrogen (secondary N) is 1. The Hall–Kier alpha value is -2.25. The zero-order valence-corrected chi connectivity index (χ0v) is 11.0. The van der Waals surface area contributed by atoms with Crippen molar-refractivity contribution in [2.75, 3.05) is 11.9 Å². The molecule has 2 atom stereocenters. The van der Waals surface area contributed by atoms with Gasteiger partial charge in [-0.1, -0.05) is 0 Å².